The van der Waals surface area contributed by atoms with Crippen LogP contribution in [0.2, 0.25) is 0 Å². The zero-order valence-electron chi connectivity index (χ0n) is 20.7. The fraction of sp³-hybridized carbons (Fsp3) is 0.615. The first-order chi connectivity index (χ1) is 17.9. The summed E-state index contributed by atoms with van der Waals surface area (Å²) in [5.74, 6) is 0.225. The molecule has 0 unspecified atom stereocenters. The third-order valence-corrected chi connectivity index (χ3v) is 8.95. The average molecular weight is 513 g/mol. The maximum Gasteiger partial charge on any atom is 0.387 e. The van der Waals surface area contributed by atoms with Crippen molar-refractivity contribution >= 4 is 12.5 Å². The number of fused-ring (bicyclic) bond motifs is 1. The van der Waals surface area contributed by atoms with Crippen LogP contribution < -0.4 is 10.5 Å². The molecule has 4 atom stereocenters. The van der Waals surface area contributed by atoms with E-state index in [0.29, 0.717) is 23.2 Å². The van der Waals surface area contributed by atoms with Crippen LogP contribution in [0.5, 0.6) is 5.75 Å². The molecule has 1 saturated heterocycles. The number of alkyl halides is 2. The highest BCUT2D eigenvalue weighted by Crippen LogP contribution is 2.74. The number of nitrogen functional groups attached to an aromatic ring is 1. The Morgan fingerprint density at radius 1 is 1.30 bits per heavy atom. The standard InChI is InChI=1S/C26H32F2N7O2/c1-30-25-12-18(34-6-8-36-9-7-34)13-26(25,31-2)22(25)20-11-19(33-35(20)15-16-4-3-5-16)17-10-21(37-24(27)28)23(29)32-14-17/h1,10-11,14,16,18,22,24H,2-9,12-13,15H2,(H2,29,32)/q+1/t18-,22-,25+,26-/m1/s1. The molecule has 3 heterocycles. The van der Waals surface area contributed by atoms with Crippen molar-refractivity contribution in [3.05, 3.63) is 28.9 Å². The third-order valence-electron chi connectivity index (χ3n) is 8.95. The van der Waals surface area contributed by atoms with Crippen LogP contribution in [0.3, 0.4) is 0 Å². The molecule has 4 fully saturated rings. The summed E-state index contributed by atoms with van der Waals surface area (Å²) in [6, 6.07) is 3.77. The molecular weight excluding hydrogens is 480 g/mol. The van der Waals surface area contributed by atoms with Gasteiger partial charge >= 0.3 is 12.2 Å². The number of hydrogen-bond acceptors (Lipinski definition) is 7. The molecule has 2 aromatic rings. The SMILES string of the molecule is C#[N+][C@]12C[C@@H](N3CCOCC3)C[C@@]1(N=C)[C@@H]2c1cc(-c2cnc(N)c(OC(F)F)c2)nn1CC1CCC1. The summed E-state index contributed by atoms with van der Waals surface area (Å²) in [5.41, 5.74) is 6.87. The van der Waals surface area contributed by atoms with Gasteiger partial charge < -0.3 is 15.2 Å². The Balaban J connectivity index is 1.35. The fourth-order valence-electron chi connectivity index (χ4n) is 6.83. The molecular formula is C26H32F2N7O2+. The largest absolute Gasteiger partial charge is 0.431 e. The first-order valence-corrected chi connectivity index (χ1v) is 12.9. The number of aromatic nitrogens is 3. The van der Waals surface area contributed by atoms with Crippen molar-refractivity contribution in [1.82, 2.24) is 19.7 Å². The molecule has 1 aliphatic heterocycles. The van der Waals surface area contributed by atoms with Crippen LogP contribution in [0.15, 0.2) is 23.3 Å². The Hall–Kier alpha value is -3.10. The fourth-order valence-corrected chi connectivity index (χ4v) is 6.83. The predicted octanol–water partition coefficient (Wildman–Crippen LogP) is 3.66. The van der Waals surface area contributed by atoms with Crippen LogP contribution in [0.4, 0.5) is 14.6 Å². The summed E-state index contributed by atoms with van der Waals surface area (Å²) < 4.78 is 37.9. The van der Waals surface area contributed by atoms with Crippen LogP contribution in [0, 0.1) is 12.5 Å². The summed E-state index contributed by atoms with van der Waals surface area (Å²) in [4.78, 5) is 15.7. The van der Waals surface area contributed by atoms with Gasteiger partial charge in [-0.2, -0.15) is 13.9 Å². The van der Waals surface area contributed by atoms with Gasteiger partial charge in [0.25, 0.3) is 6.57 Å². The Bertz CT molecular complexity index is 1240. The molecule has 196 valence electrons. The molecule has 0 aromatic carbocycles. The van der Waals surface area contributed by atoms with E-state index < -0.39 is 17.7 Å². The monoisotopic (exact) mass is 512 g/mol. The van der Waals surface area contributed by atoms with Gasteiger partial charge in [0.1, 0.15) is 5.92 Å². The molecule has 3 saturated carbocycles. The van der Waals surface area contributed by atoms with Crippen molar-refractivity contribution in [2.24, 2.45) is 10.9 Å². The number of nitrogens with two attached hydrogens (primary N) is 1. The van der Waals surface area contributed by atoms with Crippen LogP contribution in [-0.2, 0) is 11.3 Å². The lowest BCUT2D eigenvalue weighted by atomic mass is 9.85. The summed E-state index contributed by atoms with van der Waals surface area (Å²) in [6.45, 7) is 11.1. The van der Waals surface area contributed by atoms with E-state index in [0.717, 1.165) is 64.2 Å². The number of morpholine rings is 1. The lowest BCUT2D eigenvalue weighted by Crippen LogP contribution is -2.44. The lowest BCUT2D eigenvalue weighted by molar-refractivity contribution is -0.0494. The van der Waals surface area contributed by atoms with E-state index in [2.05, 4.69) is 31.2 Å². The Labute approximate surface area is 214 Å². The Morgan fingerprint density at radius 2 is 2.08 bits per heavy atom. The number of aliphatic imine (C=N–C) groups is 1. The topological polar surface area (TPSA) is 95.2 Å². The van der Waals surface area contributed by atoms with E-state index in [1.54, 1.807) is 0 Å². The van der Waals surface area contributed by atoms with Crippen molar-refractivity contribution < 1.29 is 18.3 Å². The number of halogens is 2. The van der Waals surface area contributed by atoms with E-state index in [1.165, 1.54) is 18.7 Å². The van der Waals surface area contributed by atoms with E-state index in [1.807, 2.05) is 10.7 Å². The quantitative estimate of drug-likeness (QED) is 0.543. The summed E-state index contributed by atoms with van der Waals surface area (Å²) in [6.07, 6.45) is 6.68. The van der Waals surface area contributed by atoms with Crippen molar-refractivity contribution in [3.63, 3.8) is 0 Å². The summed E-state index contributed by atoms with van der Waals surface area (Å²) in [5, 5.41) is 4.90. The van der Waals surface area contributed by atoms with E-state index in [-0.39, 0.29) is 17.5 Å². The molecule has 2 N–H and O–H groups in total. The minimum atomic E-state index is -3.00. The second-order valence-electron chi connectivity index (χ2n) is 10.7. The summed E-state index contributed by atoms with van der Waals surface area (Å²) in [7, 11) is 0. The number of hydrogen-bond donors (Lipinski definition) is 1. The van der Waals surface area contributed by atoms with Crippen LogP contribution >= 0.6 is 0 Å². The second-order valence-corrected chi connectivity index (χ2v) is 10.7. The van der Waals surface area contributed by atoms with Crippen molar-refractivity contribution in [2.75, 3.05) is 32.0 Å². The van der Waals surface area contributed by atoms with Gasteiger partial charge in [0, 0.05) is 43.9 Å². The minimum Gasteiger partial charge on any atom is -0.431 e. The second kappa shape index (κ2) is 9.03. The minimum absolute atomic E-state index is 0.0559. The van der Waals surface area contributed by atoms with Gasteiger partial charge in [-0.3, -0.25) is 14.6 Å². The summed E-state index contributed by atoms with van der Waals surface area (Å²) >= 11 is 0. The number of anilines is 1. The van der Waals surface area contributed by atoms with Gasteiger partial charge in [-0.05, 0) is 44.0 Å². The zero-order chi connectivity index (χ0) is 25.8. The normalized spacial score (nSPS) is 31.5. The van der Waals surface area contributed by atoms with E-state index in [4.69, 9.17) is 22.1 Å². The highest BCUT2D eigenvalue weighted by Gasteiger charge is 2.92. The van der Waals surface area contributed by atoms with Crippen LogP contribution in [0.1, 0.15) is 43.7 Å². The number of ether oxygens (including phenoxy) is 2. The van der Waals surface area contributed by atoms with Crippen molar-refractivity contribution in [1.29, 1.82) is 0 Å². The molecule has 37 heavy (non-hydrogen) atoms. The molecule has 2 aromatic heterocycles. The molecule has 6 rings (SSSR count). The Kier molecular flexibility index (Phi) is 5.92. The van der Waals surface area contributed by atoms with Gasteiger partial charge in [-0.15, -0.1) is 0 Å². The zero-order valence-corrected chi connectivity index (χ0v) is 20.7. The average Bonchev–Trinajstić information content (AvgIpc) is 3.14. The molecule has 3 aliphatic carbocycles. The third kappa shape index (κ3) is 3.80. The maximum absolute atomic E-state index is 12.9. The molecule has 0 amide bonds. The van der Waals surface area contributed by atoms with Crippen molar-refractivity contribution in [3.8, 4) is 23.6 Å². The first-order valence-electron chi connectivity index (χ1n) is 12.9. The highest BCUT2D eigenvalue weighted by atomic mass is 19.3. The van der Waals surface area contributed by atoms with E-state index >= 15 is 0 Å². The van der Waals surface area contributed by atoms with Crippen molar-refractivity contribution in [2.45, 2.75) is 68.3 Å². The van der Waals surface area contributed by atoms with E-state index in [9.17, 15) is 8.78 Å². The van der Waals surface area contributed by atoms with Gasteiger partial charge in [0.15, 0.2) is 17.1 Å². The molecule has 9 nitrogen and oxygen atoms in total. The molecule has 0 spiro atoms. The molecule has 0 radical (unpaired) electrons. The lowest BCUT2D eigenvalue weighted by Gasteiger charge is -2.33. The van der Waals surface area contributed by atoms with Crippen LogP contribution in [-0.4, -0.2) is 76.4 Å². The maximum atomic E-state index is 12.9. The van der Waals surface area contributed by atoms with Gasteiger partial charge in [-0.1, -0.05) is 11.3 Å². The predicted molar refractivity (Wildman–Crippen MR) is 135 cm³/mol. The van der Waals surface area contributed by atoms with Gasteiger partial charge in [0.2, 0.25) is 0 Å². The van der Waals surface area contributed by atoms with Crippen LogP contribution in [0.25, 0.3) is 16.1 Å². The smallest absolute Gasteiger partial charge is 0.387 e. The number of rotatable bonds is 8. The first kappa shape index (κ1) is 24.2. The highest BCUT2D eigenvalue weighted by molar-refractivity contribution is 5.66. The number of pyridine rings is 1. The molecule has 0 bridgehead atoms. The molecule has 11 heteroatoms. The Morgan fingerprint density at radius 3 is 2.70 bits per heavy atom. The van der Waals surface area contributed by atoms with Gasteiger partial charge in [0.05, 0.1) is 24.6 Å². The molecule has 4 aliphatic rings. The van der Waals surface area contributed by atoms with Gasteiger partial charge in [-0.25, -0.2) is 4.98 Å². The number of nitrogens with zero attached hydrogens (tertiary/aromatic N) is 6.